The lowest BCUT2D eigenvalue weighted by Crippen LogP contribution is -2.55. The van der Waals surface area contributed by atoms with Crippen molar-refractivity contribution in [2.24, 2.45) is 11.7 Å². The maximum atomic E-state index is 12.4. The lowest BCUT2D eigenvalue weighted by molar-refractivity contribution is -0.129. The zero-order valence-electron chi connectivity index (χ0n) is 11.2. The van der Waals surface area contributed by atoms with Gasteiger partial charge >= 0.3 is 0 Å². The molecule has 4 heteroatoms. The minimum Gasteiger partial charge on any atom is -0.373 e. The van der Waals surface area contributed by atoms with Crippen LogP contribution in [0.25, 0.3) is 0 Å². The largest absolute Gasteiger partial charge is 0.373 e. The molecule has 1 aliphatic carbocycles. The molecular weight excluding hydrogens is 228 g/mol. The van der Waals surface area contributed by atoms with Crippen LogP contribution in [0.3, 0.4) is 0 Å². The molecule has 3 N–H and O–H groups in total. The lowest BCUT2D eigenvalue weighted by Gasteiger charge is -2.38. The Morgan fingerprint density at radius 2 is 2.17 bits per heavy atom. The fourth-order valence-corrected chi connectivity index (χ4v) is 3.86. The fraction of sp³-hybridized carbons (Fsp3) is 0.929. The smallest absolute Gasteiger partial charge is 0.225 e. The second-order valence-corrected chi connectivity index (χ2v) is 6.53. The Kier molecular flexibility index (Phi) is 3.10. The number of carbonyl (C=O) groups is 1. The zero-order valence-corrected chi connectivity index (χ0v) is 11.2. The number of ether oxygens (including phenoxy) is 1. The summed E-state index contributed by atoms with van der Waals surface area (Å²) in [5.74, 6) is 0.131. The van der Waals surface area contributed by atoms with E-state index in [0.717, 1.165) is 44.9 Å². The summed E-state index contributed by atoms with van der Waals surface area (Å²) < 4.78 is 5.78. The highest BCUT2D eigenvalue weighted by atomic mass is 16.5. The van der Waals surface area contributed by atoms with Crippen molar-refractivity contribution in [2.45, 2.75) is 75.7 Å². The Morgan fingerprint density at radius 1 is 1.33 bits per heavy atom. The van der Waals surface area contributed by atoms with Crippen LogP contribution in [0, 0.1) is 5.92 Å². The number of rotatable bonds is 2. The predicted octanol–water partition coefficient (Wildman–Crippen LogP) is 1.33. The molecule has 1 saturated carbocycles. The molecule has 0 aromatic rings. The van der Waals surface area contributed by atoms with Gasteiger partial charge in [-0.1, -0.05) is 12.8 Å². The third kappa shape index (κ3) is 2.16. The summed E-state index contributed by atoms with van der Waals surface area (Å²) in [5.41, 5.74) is 5.95. The molecule has 4 nitrogen and oxygen atoms in total. The molecule has 0 radical (unpaired) electrons. The number of nitrogens with one attached hydrogen (secondary N) is 1. The maximum Gasteiger partial charge on any atom is 0.225 e. The molecule has 0 aromatic carbocycles. The van der Waals surface area contributed by atoms with Gasteiger partial charge < -0.3 is 15.8 Å². The van der Waals surface area contributed by atoms with Crippen LogP contribution in [0.15, 0.2) is 0 Å². The quantitative estimate of drug-likeness (QED) is 0.779. The Bertz CT molecular complexity index is 343. The van der Waals surface area contributed by atoms with Gasteiger partial charge in [0.2, 0.25) is 5.91 Å². The van der Waals surface area contributed by atoms with Crippen molar-refractivity contribution in [3.8, 4) is 0 Å². The number of amides is 1. The highest BCUT2D eigenvalue weighted by molar-refractivity contribution is 5.80. The van der Waals surface area contributed by atoms with Gasteiger partial charge in [0, 0.05) is 5.54 Å². The zero-order chi connectivity index (χ0) is 12.8. The van der Waals surface area contributed by atoms with Crippen molar-refractivity contribution in [2.75, 3.05) is 0 Å². The van der Waals surface area contributed by atoms with Crippen LogP contribution in [0.2, 0.25) is 0 Å². The molecule has 0 aromatic heterocycles. The van der Waals surface area contributed by atoms with E-state index in [1.165, 1.54) is 0 Å². The maximum absolute atomic E-state index is 12.4. The van der Waals surface area contributed by atoms with Crippen LogP contribution in [0.5, 0.6) is 0 Å². The van der Waals surface area contributed by atoms with Gasteiger partial charge in [-0.05, 0) is 39.0 Å². The Hall–Kier alpha value is -0.610. The lowest BCUT2D eigenvalue weighted by atomic mass is 9.74. The predicted molar refractivity (Wildman–Crippen MR) is 69.0 cm³/mol. The highest BCUT2D eigenvalue weighted by Gasteiger charge is 2.44. The van der Waals surface area contributed by atoms with Crippen molar-refractivity contribution in [1.82, 2.24) is 5.32 Å². The third-order valence-corrected chi connectivity index (χ3v) is 5.00. The first-order chi connectivity index (χ1) is 8.56. The Morgan fingerprint density at radius 3 is 2.78 bits per heavy atom. The second kappa shape index (κ2) is 4.49. The van der Waals surface area contributed by atoms with E-state index in [-0.39, 0.29) is 29.5 Å². The number of nitrogens with two attached hydrogens (primary N) is 1. The third-order valence-electron chi connectivity index (χ3n) is 5.00. The van der Waals surface area contributed by atoms with Crippen LogP contribution in [-0.4, -0.2) is 29.7 Å². The number of carbonyl (C=O) groups excluding carboxylic acids is 1. The van der Waals surface area contributed by atoms with Gasteiger partial charge in [0.1, 0.15) is 0 Å². The molecule has 3 aliphatic rings. The summed E-state index contributed by atoms with van der Waals surface area (Å²) in [4.78, 5) is 12.4. The van der Waals surface area contributed by atoms with Crippen LogP contribution in [-0.2, 0) is 9.53 Å². The van der Waals surface area contributed by atoms with Crippen molar-refractivity contribution in [3.05, 3.63) is 0 Å². The molecule has 3 fully saturated rings. The van der Waals surface area contributed by atoms with Gasteiger partial charge in [0.25, 0.3) is 0 Å². The van der Waals surface area contributed by atoms with Crippen LogP contribution in [0.4, 0.5) is 0 Å². The molecule has 102 valence electrons. The Labute approximate surface area is 109 Å². The van der Waals surface area contributed by atoms with Crippen molar-refractivity contribution >= 4 is 5.91 Å². The average molecular weight is 252 g/mol. The van der Waals surface area contributed by atoms with Gasteiger partial charge in [-0.15, -0.1) is 0 Å². The van der Waals surface area contributed by atoms with Crippen molar-refractivity contribution < 1.29 is 9.53 Å². The molecule has 0 spiro atoms. The van der Waals surface area contributed by atoms with Gasteiger partial charge in [0.15, 0.2) is 0 Å². The number of hydrogen-bond donors (Lipinski definition) is 2. The summed E-state index contributed by atoms with van der Waals surface area (Å²) in [7, 11) is 0. The van der Waals surface area contributed by atoms with Crippen LogP contribution < -0.4 is 11.1 Å². The molecule has 18 heavy (non-hydrogen) atoms. The van der Waals surface area contributed by atoms with Gasteiger partial charge in [-0.3, -0.25) is 4.79 Å². The number of hydrogen-bond acceptors (Lipinski definition) is 3. The number of fused-ring (bicyclic) bond motifs is 2. The monoisotopic (exact) mass is 252 g/mol. The first-order valence-electron chi connectivity index (χ1n) is 7.31. The molecule has 1 amide bonds. The molecule has 2 bridgehead atoms. The van der Waals surface area contributed by atoms with Gasteiger partial charge in [-0.25, -0.2) is 0 Å². The molecular formula is C14H24N2O2. The van der Waals surface area contributed by atoms with Gasteiger partial charge in [-0.2, -0.15) is 0 Å². The summed E-state index contributed by atoms with van der Waals surface area (Å²) in [5, 5.41) is 3.19. The topological polar surface area (TPSA) is 64.4 Å². The normalized spacial score (nSPS) is 47.2. The standard InChI is InChI=1S/C14H24N2O2/c1-14(15)7-3-2-4-10(14)13(17)16-11-8-9-5-6-12(11)18-9/h9-12H,2-8,15H2,1H3,(H,16,17)/t9-,10?,11-,12+,14?/m1/s1. The van der Waals surface area contributed by atoms with Crippen LogP contribution in [0.1, 0.15) is 51.9 Å². The van der Waals surface area contributed by atoms with E-state index < -0.39 is 0 Å². The molecule has 5 atom stereocenters. The van der Waals surface area contributed by atoms with Gasteiger partial charge in [0.05, 0.1) is 24.2 Å². The van der Waals surface area contributed by atoms with Crippen molar-refractivity contribution in [3.63, 3.8) is 0 Å². The summed E-state index contributed by atoms with van der Waals surface area (Å²) in [6.07, 6.45) is 8.05. The minimum absolute atomic E-state index is 0.0228. The summed E-state index contributed by atoms with van der Waals surface area (Å²) in [6.45, 7) is 2.02. The van der Waals surface area contributed by atoms with E-state index in [9.17, 15) is 4.79 Å². The molecule has 2 aliphatic heterocycles. The van der Waals surface area contributed by atoms with Crippen molar-refractivity contribution in [1.29, 1.82) is 0 Å². The second-order valence-electron chi connectivity index (χ2n) is 6.53. The highest BCUT2D eigenvalue weighted by Crippen LogP contribution is 2.36. The van der Waals surface area contributed by atoms with Crippen LogP contribution >= 0.6 is 0 Å². The van der Waals surface area contributed by atoms with E-state index >= 15 is 0 Å². The first-order valence-corrected chi connectivity index (χ1v) is 7.31. The van der Waals surface area contributed by atoms with E-state index in [4.69, 9.17) is 10.5 Å². The van der Waals surface area contributed by atoms with E-state index in [1.54, 1.807) is 0 Å². The summed E-state index contributed by atoms with van der Waals surface area (Å²) >= 11 is 0. The Balaban J connectivity index is 1.61. The molecule has 3 rings (SSSR count). The minimum atomic E-state index is -0.333. The van der Waals surface area contributed by atoms with E-state index in [0.29, 0.717) is 6.10 Å². The van der Waals surface area contributed by atoms with E-state index in [1.807, 2.05) is 6.92 Å². The molecule has 2 heterocycles. The fourth-order valence-electron chi connectivity index (χ4n) is 3.86. The van der Waals surface area contributed by atoms with E-state index in [2.05, 4.69) is 5.32 Å². The molecule has 2 saturated heterocycles. The first kappa shape index (κ1) is 12.4. The SMILES string of the molecule is CC1(N)CCCCC1C(=O)N[C@@H]1C[C@H]2CC[C@@H]1O2. The summed E-state index contributed by atoms with van der Waals surface area (Å²) in [6, 6.07) is 0.231. The molecule has 2 unspecified atom stereocenters. The average Bonchev–Trinajstić information content (AvgIpc) is 2.90.